The van der Waals surface area contributed by atoms with Gasteiger partial charge in [0.05, 0.1) is 16.4 Å². The first-order chi connectivity index (χ1) is 8.99. The summed E-state index contributed by atoms with van der Waals surface area (Å²) in [6, 6.07) is 6.29. The van der Waals surface area contributed by atoms with Crippen molar-refractivity contribution in [3.8, 4) is 0 Å². The molecule has 0 spiro atoms. The molecule has 0 N–H and O–H groups in total. The summed E-state index contributed by atoms with van der Waals surface area (Å²) >= 11 is 5.69. The van der Waals surface area contributed by atoms with Gasteiger partial charge < -0.3 is 0 Å². The van der Waals surface area contributed by atoms with E-state index in [4.69, 9.17) is 11.6 Å². The molecule has 0 aliphatic heterocycles. The van der Waals surface area contributed by atoms with Gasteiger partial charge in [0.1, 0.15) is 5.82 Å². The summed E-state index contributed by atoms with van der Waals surface area (Å²) in [4.78, 5) is 12.2. The van der Waals surface area contributed by atoms with Crippen LogP contribution in [0.5, 0.6) is 0 Å². The van der Waals surface area contributed by atoms with Gasteiger partial charge in [0.15, 0.2) is 5.78 Å². The highest BCUT2D eigenvalue weighted by Crippen LogP contribution is 2.20. The summed E-state index contributed by atoms with van der Waals surface area (Å²) in [6.45, 7) is 3.46. The molecule has 1 aromatic carbocycles. The number of aromatic nitrogens is 2. The molecule has 0 saturated carbocycles. The highest BCUT2D eigenvalue weighted by molar-refractivity contribution is 6.30. The van der Waals surface area contributed by atoms with Gasteiger partial charge in [-0.15, -0.1) is 0 Å². The van der Waals surface area contributed by atoms with Crippen LogP contribution in [0.15, 0.2) is 24.3 Å². The monoisotopic (exact) mass is 278 g/mol. The fraction of sp³-hybridized carbons (Fsp3) is 0.214. The molecule has 19 heavy (non-hydrogen) atoms. The van der Waals surface area contributed by atoms with Crippen LogP contribution in [0.1, 0.15) is 27.3 Å². The number of rotatable bonds is 3. The zero-order chi connectivity index (χ0) is 14.0. The maximum absolute atomic E-state index is 13.7. The van der Waals surface area contributed by atoms with Crippen molar-refractivity contribution >= 4 is 17.4 Å². The smallest absolute Gasteiger partial charge is 0.169 e. The summed E-state index contributed by atoms with van der Waals surface area (Å²) in [6.07, 6.45) is -0.0433. The SMILES string of the molecule is Cc1cc(C(=O)Cc2cccc(Cl)c2F)c(C)nn1. The Morgan fingerprint density at radius 3 is 2.79 bits per heavy atom. The fourth-order valence-corrected chi connectivity index (χ4v) is 1.98. The van der Waals surface area contributed by atoms with Crippen LogP contribution in [-0.4, -0.2) is 16.0 Å². The Balaban J connectivity index is 2.31. The minimum absolute atomic E-state index is 0.0195. The number of Topliss-reactive ketones (excluding diaryl/α,β-unsaturated/α-hetero) is 1. The zero-order valence-electron chi connectivity index (χ0n) is 10.6. The van der Waals surface area contributed by atoms with Gasteiger partial charge in [-0.25, -0.2) is 4.39 Å². The van der Waals surface area contributed by atoms with Crippen LogP contribution in [0, 0.1) is 19.7 Å². The van der Waals surface area contributed by atoms with Gasteiger partial charge in [0.25, 0.3) is 0 Å². The number of aryl methyl sites for hydroxylation is 2. The molecule has 98 valence electrons. The second-order valence-corrected chi connectivity index (χ2v) is 4.70. The third kappa shape index (κ3) is 2.96. The van der Waals surface area contributed by atoms with Gasteiger partial charge in [0, 0.05) is 12.0 Å². The number of halogens is 2. The van der Waals surface area contributed by atoms with E-state index < -0.39 is 5.82 Å². The first kappa shape index (κ1) is 13.6. The Kier molecular flexibility index (Phi) is 3.90. The summed E-state index contributed by atoms with van der Waals surface area (Å²) in [5.74, 6) is -0.745. The van der Waals surface area contributed by atoms with Crippen LogP contribution in [0.2, 0.25) is 5.02 Å². The molecule has 0 unspecified atom stereocenters. The van der Waals surface area contributed by atoms with Crippen LogP contribution in [0.4, 0.5) is 4.39 Å². The quantitative estimate of drug-likeness (QED) is 0.809. The Morgan fingerprint density at radius 2 is 2.05 bits per heavy atom. The average molecular weight is 279 g/mol. The maximum Gasteiger partial charge on any atom is 0.169 e. The highest BCUT2D eigenvalue weighted by Gasteiger charge is 2.15. The summed E-state index contributed by atoms with van der Waals surface area (Å²) in [5, 5.41) is 7.77. The average Bonchev–Trinajstić information content (AvgIpc) is 2.38. The topological polar surface area (TPSA) is 42.9 Å². The highest BCUT2D eigenvalue weighted by atomic mass is 35.5. The van der Waals surface area contributed by atoms with Crippen molar-refractivity contribution in [2.45, 2.75) is 20.3 Å². The van der Waals surface area contributed by atoms with Gasteiger partial charge in [-0.3, -0.25) is 4.79 Å². The molecular weight excluding hydrogens is 267 g/mol. The van der Waals surface area contributed by atoms with E-state index in [0.29, 0.717) is 17.0 Å². The molecule has 1 heterocycles. The summed E-state index contributed by atoms with van der Waals surface area (Å²) in [5.41, 5.74) is 1.94. The number of carbonyl (C=O) groups is 1. The van der Waals surface area contributed by atoms with E-state index in [9.17, 15) is 9.18 Å². The Labute approximate surface area is 115 Å². The van der Waals surface area contributed by atoms with Crippen molar-refractivity contribution in [2.75, 3.05) is 0 Å². The van der Waals surface area contributed by atoms with E-state index in [-0.39, 0.29) is 22.8 Å². The molecule has 3 nitrogen and oxygen atoms in total. The van der Waals surface area contributed by atoms with Crippen LogP contribution < -0.4 is 0 Å². The minimum Gasteiger partial charge on any atom is -0.294 e. The maximum atomic E-state index is 13.7. The predicted octanol–water partition coefficient (Wildman–Crippen LogP) is 3.31. The van der Waals surface area contributed by atoms with E-state index in [1.54, 1.807) is 32.0 Å². The van der Waals surface area contributed by atoms with Gasteiger partial charge in [-0.2, -0.15) is 10.2 Å². The van der Waals surface area contributed by atoms with Crippen LogP contribution in [0.3, 0.4) is 0 Å². The lowest BCUT2D eigenvalue weighted by Crippen LogP contribution is -2.09. The molecule has 0 aliphatic rings. The normalized spacial score (nSPS) is 10.5. The Hall–Kier alpha value is -1.81. The number of hydrogen-bond acceptors (Lipinski definition) is 3. The van der Waals surface area contributed by atoms with Gasteiger partial charge in [-0.1, -0.05) is 23.7 Å². The number of benzene rings is 1. The van der Waals surface area contributed by atoms with E-state index in [2.05, 4.69) is 10.2 Å². The third-order valence-electron chi connectivity index (χ3n) is 2.78. The van der Waals surface area contributed by atoms with Crippen molar-refractivity contribution in [1.82, 2.24) is 10.2 Å². The van der Waals surface area contributed by atoms with Crippen LogP contribution in [0.25, 0.3) is 0 Å². The number of hydrogen-bond donors (Lipinski definition) is 0. The molecule has 2 aromatic rings. The number of ketones is 1. The lowest BCUT2D eigenvalue weighted by atomic mass is 10.0. The van der Waals surface area contributed by atoms with Crippen molar-refractivity contribution in [3.63, 3.8) is 0 Å². The fourth-order valence-electron chi connectivity index (χ4n) is 1.79. The van der Waals surface area contributed by atoms with Crippen molar-refractivity contribution in [1.29, 1.82) is 0 Å². The molecule has 5 heteroatoms. The third-order valence-corrected chi connectivity index (χ3v) is 3.08. The van der Waals surface area contributed by atoms with Crippen molar-refractivity contribution in [2.24, 2.45) is 0 Å². The number of carbonyl (C=O) groups excluding carboxylic acids is 1. The van der Waals surface area contributed by atoms with Crippen molar-refractivity contribution in [3.05, 3.63) is 57.6 Å². The van der Waals surface area contributed by atoms with Crippen LogP contribution in [-0.2, 0) is 6.42 Å². The first-order valence-corrected chi connectivity index (χ1v) is 6.14. The second kappa shape index (κ2) is 5.45. The molecule has 2 rings (SSSR count). The lowest BCUT2D eigenvalue weighted by molar-refractivity contribution is 0.0990. The van der Waals surface area contributed by atoms with Gasteiger partial charge >= 0.3 is 0 Å². The standard InChI is InChI=1S/C14H12ClFN2O/c1-8-6-11(9(2)18-17-8)13(19)7-10-4-3-5-12(15)14(10)16/h3-6H,7H2,1-2H3. The largest absolute Gasteiger partial charge is 0.294 e. The molecule has 0 bridgehead atoms. The Bertz CT molecular complexity index is 643. The summed E-state index contributed by atoms with van der Waals surface area (Å²) < 4.78 is 13.7. The lowest BCUT2D eigenvalue weighted by Gasteiger charge is -2.06. The molecular formula is C14H12ClFN2O. The summed E-state index contributed by atoms with van der Waals surface area (Å²) in [7, 11) is 0. The Morgan fingerprint density at radius 1 is 1.32 bits per heavy atom. The second-order valence-electron chi connectivity index (χ2n) is 4.30. The molecule has 0 saturated heterocycles. The van der Waals surface area contributed by atoms with E-state index in [1.165, 1.54) is 6.07 Å². The molecule has 0 fully saturated rings. The molecule has 0 radical (unpaired) electrons. The molecule has 0 aliphatic carbocycles. The molecule has 0 atom stereocenters. The number of nitrogens with zero attached hydrogens (tertiary/aromatic N) is 2. The van der Waals surface area contributed by atoms with E-state index >= 15 is 0 Å². The minimum atomic E-state index is -0.547. The molecule has 1 aromatic heterocycles. The van der Waals surface area contributed by atoms with Crippen molar-refractivity contribution < 1.29 is 9.18 Å². The predicted molar refractivity (Wildman–Crippen MR) is 71.0 cm³/mol. The van der Waals surface area contributed by atoms with Crippen LogP contribution >= 0.6 is 11.6 Å². The molecule has 0 amide bonds. The zero-order valence-corrected chi connectivity index (χ0v) is 11.3. The van der Waals surface area contributed by atoms with E-state index in [0.717, 1.165) is 0 Å². The van der Waals surface area contributed by atoms with Gasteiger partial charge in [-0.05, 0) is 31.5 Å². The first-order valence-electron chi connectivity index (χ1n) is 5.76. The van der Waals surface area contributed by atoms with E-state index in [1.807, 2.05) is 0 Å². The van der Waals surface area contributed by atoms with Gasteiger partial charge in [0.2, 0.25) is 0 Å².